The van der Waals surface area contributed by atoms with Gasteiger partial charge >= 0.3 is 0 Å². The molecule has 5 heteroatoms. The van der Waals surface area contributed by atoms with E-state index < -0.39 is 17.5 Å². The van der Waals surface area contributed by atoms with E-state index in [-0.39, 0.29) is 16.9 Å². The minimum absolute atomic E-state index is 0.0545. The summed E-state index contributed by atoms with van der Waals surface area (Å²) in [5.74, 6) is -1.66. The molecule has 0 bridgehead atoms. The normalized spacial score (nSPS) is 10.1. The van der Waals surface area contributed by atoms with Gasteiger partial charge in [0.05, 0.1) is 16.9 Å². The lowest BCUT2D eigenvalue weighted by atomic mass is 10.1. The van der Waals surface area contributed by atoms with Crippen LogP contribution in [-0.2, 0) is 0 Å². The Morgan fingerprint density at radius 1 is 1.00 bits per heavy atom. The molecule has 0 fully saturated rings. The van der Waals surface area contributed by atoms with Crippen LogP contribution in [0.15, 0.2) is 42.5 Å². The minimum Gasteiger partial charge on any atom is -0.385 e. The average molecular weight is 262 g/mol. The maximum Gasteiger partial charge on any atom is 0.257 e. The summed E-state index contributed by atoms with van der Waals surface area (Å²) in [4.78, 5) is 12.0. The Morgan fingerprint density at radius 2 is 1.68 bits per heavy atom. The predicted octanol–water partition coefficient (Wildman–Crippen LogP) is 3.26. The van der Waals surface area contributed by atoms with Crippen molar-refractivity contribution in [3.63, 3.8) is 0 Å². The van der Waals surface area contributed by atoms with E-state index >= 15 is 0 Å². The van der Waals surface area contributed by atoms with Gasteiger partial charge in [-0.1, -0.05) is 18.2 Å². The fraction of sp³-hybridized carbons (Fsp3) is 0.0714. The summed E-state index contributed by atoms with van der Waals surface area (Å²) in [5, 5.41) is 5.02. The van der Waals surface area contributed by atoms with Crippen molar-refractivity contribution < 1.29 is 13.6 Å². The van der Waals surface area contributed by atoms with Crippen molar-refractivity contribution in [2.45, 2.75) is 0 Å². The molecule has 2 aromatic rings. The van der Waals surface area contributed by atoms with E-state index in [1.165, 1.54) is 43.4 Å². The number of hydrogen-bond acceptors (Lipinski definition) is 2. The first kappa shape index (κ1) is 13.0. The molecule has 0 radical (unpaired) electrons. The highest BCUT2D eigenvalue weighted by Gasteiger charge is 2.15. The Kier molecular flexibility index (Phi) is 3.75. The highest BCUT2D eigenvalue weighted by molar-refractivity contribution is 6.08. The van der Waals surface area contributed by atoms with Crippen molar-refractivity contribution in [1.29, 1.82) is 0 Å². The van der Waals surface area contributed by atoms with Gasteiger partial charge in [-0.2, -0.15) is 0 Å². The van der Waals surface area contributed by atoms with E-state index in [4.69, 9.17) is 0 Å². The van der Waals surface area contributed by atoms with Gasteiger partial charge in [0, 0.05) is 7.05 Å². The zero-order valence-electron chi connectivity index (χ0n) is 10.2. The second kappa shape index (κ2) is 5.48. The molecule has 0 heterocycles. The predicted molar refractivity (Wildman–Crippen MR) is 70.3 cm³/mol. The van der Waals surface area contributed by atoms with E-state index in [9.17, 15) is 13.6 Å². The third-order valence-corrected chi connectivity index (χ3v) is 2.63. The van der Waals surface area contributed by atoms with Gasteiger partial charge in [0.2, 0.25) is 0 Å². The van der Waals surface area contributed by atoms with Crippen molar-refractivity contribution in [2.75, 3.05) is 17.7 Å². The van der Waals surface area contributed by atoms with Crippen LogP contribution in [0.5, 0.6) is 0 Å². The largest absolute Gasteiger partial charge is 0.385 e. The first-order valence-corrected chi connectivity index (χ1v) is 5.65. The minimum atomic E-state index is -0.575. The molecule has 2 aromatic carbocycles. The molecule has 19 heavy (non-hydrogen) atoms. The summed E-state index contributed by atoms with van der Waals surface area (Å²) in [7, 11) is 1.51. The van der Waals surface area contributed by atoms with Crippen LogP contribution in [0.2, 0.25) is 0 Å². The fourth-order valence-electron chi connectivity index (χ4n) is 1.72. The number of halogens is 2. The Morgan fingerprint density at radius 3 is 2.37 bits per heavy atom. The summed E-state index contributed by atoms with van der Waals surface area (Å²) >= 11 is 0. The van der Waals surface area contributed by atoms with Crippen LogP contribution in [0.1, 0.15) is 10.4 Å². The van der Waals surface area contributed by atoms with E-state index in [0.29, 0.717) is 0 Å². The van der Waals surface area contributed by atoms with Gasteiger partial charge in [0.15, 0.2) is 0 Å². The molecule has 0 saturated heterocycles. The third kappa shape index (κ3) is 2.70. The lowest BCUT2D eigenvalue weighted by Crippen LogP contribution is -2.15. The molecule has 0 aromatic heterocycles. The standard InChI is InChI=1S/C14H12F2N2O/c1-17-13-9(5-4-7-11(13)16)14(19)18-12-8-3-2-6-10(12)15/h2-8,17H,1H3,(H,18,19). The van der Waals surface area contributed by atoms with Crippen molar-refractivity contribution in [2.24, 2.45) is 0 Å². The molecule has 2 rings (SSSR count). The number of nitrogens with one attached hydrogen (secondary N) is 2. The van der Waals surface area contributed by atoms with Gasteiger partial charge < -0.3 is 10.6 Å². The van der Waals surface area contributed by atoms with Crippen LogP contribution in [0.4, 0.5) is 20.2 Å². The molecule has 0 spiro atoms. The quantitative estimate of drug-likeness (QED) is 0.891. The van der Waals surface area contributed by atoms with Crippen LogP contribution in [0.3, 0.4) is 0 Å². The molecular formula is C14H12F2N2O. The zero-order chi connectivity index (χ0) is 13.8. The van der Waals surface area contributed by atoms with Crippen molar-refractivity contribution >= 4 is 17.3 Å². The molecule has 98 valence electrons. The van der Waals surface area contributed by atoms with Crippen molar-refractivity contribution in [3.05, 3.63) is 59.7 Å². The number of hydrogen-bond donors (Lipinski definition) is 2. The highest BCUT2D eigenvalue weighted by Crippen LogP contribution is 2.21. The number of para-hydroxylation sites is 2. The fourth-order valence-corrected chi connectivity index (χ4v) is 1.72. The van der Waals surface area contributed by atoms with Crippen LogP contribution in [0.25, 0.3) is 0 Å². The Balaban J connectivity index is 2.31. The van der Waals surface area contributed by atoms with Crippen molar-refractivity contribution in [1.82, 2.24) is 0 Å². The lowest BCUT2D eigenvalue weighted by Gasteiger charge is -2.11. The molecular weight excluding hydrogens is 250 g/mol. The smallest absolute Gasteiger partial charge is 0.257 e. The van der Waals surface area contributed by atoms with Crippen LogP contribution >= 0.6 is 0 Å². The molecule has 0 saturated carbocycles. The van der Waals surface area contributed by atoms with Crippen LogP contribution in [0, 0.1) is 11.6 Å². The van der Waals surface area contributed by atoms with Gasteiger partial charge in [0.25, 0.3) is 5.91 Å². The molecule has 1 amide bonds. The summed E-state index contributed by atoms with van der Waals surface area (Å²) < 4.78 is 26.9. The maximum atomic E-state index is 13.5. The Bertz CT molecular complexity index is 614. The molecule has 3 nitrogen and oxygen atoms in total. The summed E-state index contributed by atoms with van der Waals surface area (Å²) in [6.45, 7) is 0. The monoisotopic (exact) mass is 262 g/mol. The lowest BCUT2D eigenvalue weighted by molar-refractivity contribution is 0.102. The number of carbonyl (C=O) groups is 1. The average Bonchev–Trinajstić information content (AvgIpc) is 2.41. The summed E-state index contributed by atoms with van der Waals surface area (Å²) in [5.41, 5.74) is 0.251. The first-order valence-electron chi connectivity index (χ1n) is 5.65. The van der Waals surface area contributed by atoms with Gasteiger partial charge in [-0.25, -0.2) is 8.78 Å². The number of rotatable bonds is 3. The molecule has 0 aliphatic heterocycles. The highest BCUT2D eigenvalue weighted by atomic mass is 19.1. The SMILES string of the molecule is CNc1c(F)cccc1C(=O)Nc1ccccc1F. The number of amides is 1. The Hall–Kier alpha value is -2.43. The maximum absolute atomic E-state index is 13.5. The molecule has 2 N–H and O–H groups in total. The zero-order valence-corrected chi connectivity index (χ0v) is 10.2. The Labute approximate surface area is 109 Å². The number of benzene rings is 2. The van der Waals surface area contributed by atoms with E-state index in [0.717, 1.165) is 0 Å². The topological polar surface area (TPSA) is 41.1 Å². The first-order chi connectivity index (χ1) is 9.13. The molecule has 0 aliphatic rings. The second-order valence-corrected chi connectivity index (χ2v) is 3.85. The number of carbonyl (C=O) groups excluding carboxylic acids is 1. The van der Waals surface area contributed by atoms with Gasteiger partial charge in [-0.3, -0.25) is 4.79 Å². The van der Waals surface area contributed by atoms with Gasteiger partial charge in [-0.15, -0.1) is 0 Å². The van der Waals surface area contributed by atoms with E-state index in [1.807, 2.05) is 0 Å². The third-order valence-electron chi connectivity index (χ3n) is 2.63. The molecule has 0 unspecified atom stereocenters. The van der Waals surface area contributed by atoms with Gasteiger partial charge in [0.1, 0.15) is 11.6 Å². The van der Waals surface area contributed by atoms with Crippen LogP contribution in [-0.4, -0.2) is 13.0 Å². The van der Waals surface area contributed by atoms with E-state index in [1.54, 1.807) is 6.07 Å². The van der Waals surface area contributed by atoms with Crippen LogP contribution < -0.4 is 10.6 Å². The second-order valence-electron chi connectivity index (χ2n) is 3.85. The van der Waals surface area contributed by atoms with E-state index in [2.05, 4.69) is 10.6 Å². The number of anilines is 2. The van der Waals surface area contributed by atoms with Gasteiger partial charge in [-0.05, 0) is 24.3 Å². The summed E-state index contributed by atoms with van der Waals surface area (Å²) in [6.07, 6.45) is 0. The van der Waals surface area contributed by atoms with Crippen molar-refractivity contribution in [3.8, 4) is 0 Å². The molecule has 0 aliphatic carbocycles. The summed E-state index contributed by atoms with van der Waals surface area (Å²) in [6, 6.07) is 9.92. The molecule has 0 atom stereocenters.